The summed E-state index contributed by atoms with van der Waals surface area (Å²) in [6, 6.07) is 64.7. The van der Waals surface area contributed by atoms with Crippen molar-refractivity contribution in [1.82, 2.24) is 0 Å². The maximum atomic E-state index is 15.7. The van der Waals surface area contributed by atoms with Crippen molar-refractivity contribution in [1.29, 1.82) is 0 Å². The van der Waals surface area contributed by atoms with E-state index >= 15 is 4.39 Å². The molecule has 0 N–H and O–H groups in total. The zero-order chi connectivity index (χ0) is 34.6. The van der Waals surface area contributed by atoms with Gasteiger partial charge in [0.2, 0.25) is 0 Å². The molecule has 1 unspecified atom stereocenters. The van der Waals surface area contributed by atoms with Gasteiger partial charge in [-0.25, -0.2) is 4.39 Å². The Bertz CT molecular complexity index is 2750. The molecular formula is C49H32FNO. The van der Waals surface area contributed by atoms with Crippen molar-refractivity contribution >= 4 is 39.0 Å². The Labute approximate surface area is 301 Å². The lowest BCUT2D eigenvalue weighted by Crippen LogP contribution is -2.11. The minimum Gasteiger partial charge on any atom is -0.455 e. The number of hydrogen-bond donors (Lipinski definition) is 0. The monoisotopic (exact) mass is 669 g/mol. The van der Waals surface area contributed by atoms with Crippen molar-refractivity contribution in [3.8, 4) is 33.4 Å². The van der Waals surface area contributed by atoms with Gasteiger partial charge < -0.3 is 9.32 Å². The molecule has 8 aromatic carbocycles. The van der Waals surface area contributed by atoms with Gasteiger partial charge in [0.1, 0.15) is 17.0 Å². The van der Waals surface area contributed by atoms with Crippen molar-refractivity contribution in [2.75, 3.05) is 4.90 Å². The summed E-state index contributed by atoms with van der Waals surface area (Å²) >= 11 is 0. The molecule has 52 heavy (non-hydrogen) atoms. The summed E-state index contributed by atoms with van der Waals surface area (Å²) in [4.78, 5) is 2.28. The lowest BCUT2D eigenvalue weighted by atomic mass is 9.88. The standard InChI is InChI=1S/C49H32FNO/c50-45-21-10-19-43-40-15-4-5-17-42(40)47(48(43)45)35-13-8-14-38(31-35)51(36-27-23-33(24-28-36)32-11-2-1-3-12-32)37-29-25-34(26-30-37)39-18-9-20-44-41-16-6-7-22-46(41)52-49(39)44/h1-31,47H. The molecule has 1 aromatic heterocycles. The van der Waals surface area contributed by atoms with Crippen LogP contribution in [-0.4, -0.2) is 0 Å². The third-order valence-corrected chi connectivity index (χ3v) is 10.4. The molecule has 1 atom stereocenters. The van der Waals surface area contributed by atoms with E-state index in [4.69, 9.17) is 4.42 Å². The molecule has 9 aromatic rings. The zero-order valence-corrected chi connectivity index (χ0v) is 28.2. The maximum Gasteiger partial charge on any atom is 0.143 e. The molecule has 0 fully saturated rings. The van der Waals surface area contributed by atoms with Crippen LogP contribution < -0.4 is 4.90 Å². The molecule has 10 rings (SSSR count). The average Bonchev–Trinajstić information content (AvgIpc) is 3.76. The molecule has 0 saturated carbocycles. The number of para-hydroxylation sites is 2. The van der Waals surface area contributed by atoms with Crippen LogP contribution in [0.1, 0.15) is 22.6 Å². The van der Waals surface area contributed by atoms with Gasteiger partial charge in [-0.1, -0.05) is 140 Å². The molecule has 1 aliphatic carbocycles. The summed E-state index contributed by atoms with van der Waals surface area (Å²) in [5.74, 6) is -0.381. The zero-order valence-electron chi connectivity index (χ0n) is 28.2. The predicted octanol–water partition coefficient (Wildman–Crippen LogP) is 13.7. The molecular weight excluding hydrogens is 638 g/mol. The maximum absolute atomic E-state index is 15.7. The van der Waals surface area contributed by atoms with Gasteiger partial charge in [0.25, 0.3) is 0 Å². The topological polar surface area (TPSA) is 16.4 Å². The first-order chi connectivity index (χ1) is 25.7. The highest BCUT2D eigenvalue weighted by Gasteiger charge is 2.32. The van der Waals surface area contributed by atoms with Crippen LogP contribution in [0.5, 0.6) is 0 Å². The van der Waals surface area contributed by atoms with Crippen molar-refractivity contribution < 1.29 is 8.81 Å². The van der Waals surface area contributed by atoms with E-state index in [1.54, 1.807) is 6.07 Å². The quantitative estimate of drug-likeness (QED) is 0.175. The number of furan rings is 1. The van der Waals surface area contributed by atoms with Crippen LogP contribution in [0.3, 0.4) is 0 Å². The minimum atomic E-state index is -0.207. The van der Waals surface area contributed by atoms with E-state index in [1.807, 2.05) is 42.5 Å². The average molecular weight is 670 g/mol. The molecule has 0 spiro atoms. The number of rotatable bonds is 6. The van der Waals surface area contributed by atoms with Crippen LogP contribution in [0, 0.1) is 5.82 Å². The van der Waals surface area contributed by atoms with Gasteiger partial charge in [0.15, 0.2) is 0 Å². The highest BCUT2D eigenvalue weighted by atomic mass is 19.1. The Balaban J connectivity index is 1.09. The van der Waals surface area contributed by atoms with E-state index in [2.05, 4.69) is 144 Å². The third kappa shape index (κ3) is 4.93. The molecule has 3 heteroatoms. The Morgan fingerprint density at radius 1 is 0.442 bits per heavy atom. The van der Waals surface area contributed by atoms with Crippen LogP contribution >= 0.6 is 0 Å². The molecule has 0 aliphatic heterocycles. The summed E-state index contributed by atoms with van der Waals surface area (Å²) in [7, 11) is 0. The first-order valence-electron chi connectivity index (χ1n) is 17.7. The fourth-order valence-electron chi connectivity index (χ4n) is 8.05. The lowest BCUT2D eigenvalue weighted by Gasteiger charge is -2.27. The molecule has 1 aliphatic rings. The van der Waals surface area contributed by atoms with Crippen LogP contribution in [0.2, 0.25) is 0 Å². The number of benzene rings is 8. The van der Waals surface area contributed by atoms with Crippen LogP contribution in [-0.2, 0) is 0 Å². The number of anilines is 3. The fourth-order valence-corrected chi connectivity index (χ4v) is 8.05. The van der Waals surface area contributed by atoms with Crippen molar-refractivity contribution in [3.05, 3.63) is 211 Å². The SMILES string of the molecule is Fc1cccc2c1C(c1cccc(N(c3ccc(-c4ccccc4)cc3)c3ccc(-c4cccc5c4oc4ccccc45)cc3)c1)c1ccccc1-2. The van der Waals surface area contributed by atoms with E-state index < -0.39 is 0 Å². The van der Waals surface area contributed by atoms with E-state index in [1.165, 1.54) is 5.56 Å². The molecule has 246 valence electrons. The van der Waals surface area contributed by atoms with Crippen LogP contribution in [0.4, 0.5) is 21.5 Å². The minimum absolute atomic E-state index is 0.174. The second-order valence-electron chi connectivity index (χ2n) is 13.4. The number of halogens is 1. The summed E-state index contributed by atoms with van der Waals surface area (Å²) in [5.41, 5.74) is 14.3. The third-order valence-electron chi connectivity index (χ3n) is 10.4. The van der Waals surface area contributed by atoms with Crippen molar-refractivity contribution in [2.45, 2.75) is 5.92 Å². The van der Waals surface area contributed by atoms with Gasteiger partial charge in [0, 0.05) is 44.9 Å². The van der Waals surface area contributed by atoms with Crippen molar-refractivity contribution in [3.63, 3.8) is 0 Å². The largest absolute Gasteiger partial charge is 0.455 e. The van der Waals surface area contributed by atoms with Gasteiger partial charge in [0.05, 0.1) is 0 Å². The van der Waals surface area contributed by atoms with E-state index in [9.17, 15) is 0 Å². The van der Waals surface area contributed by atoms with Crippen LogP contribution in [0.15, 0.2) is 192 Å². The van der Waals surface area contributed by atoms with Crippen LogP contribution in [0.25, 0.3) is 55.3 Å². The van der Waals surface area contributed by atoms with E-state index in [-0.39, 0.29) is 11.7 Å². The van der Waals surface area contributed by atoms with Gasteiger partial charge in [-0.3, -0.25) is 0 Å². The highest BCUT2D eigenvalue weighted by Crippen LogP contribution is 2.50. The molecule has 2 nitrogen and oxygen atoms in total. The summed E-state index contributed by atoms with van der Waals surface area (Å²) < 4.78 is 22.1. The second-order valence-corrected chi connectivity index (χ2v) is 13.4. The Hall–Kier alpha value is -6.71. The number of fused-ring (bicyclic) bond motifs is 6. The number of nitrogens with zero attached hydrogens (tertiary/aromatic N) is 1. The summed E-state index contributed by atoms with van der Waals surface area (Å²) in [6.07, 6.45) is 0. The van der Waals surface area contributed by atoms with Gasteiger partial charge in [-0.05, 0) is 87.5 Å². The highest BCUT2D eigenvalue weighted by molar-refractivity contribution is 6.09. The normalized spacial score (nSPS) is 13.3. The Morgan fingerprint density at radius 3 is 1.88 bits per heavy atom. The van der Waals surface area contributed by atoms with Gasteiger partial charge in [-0.15, -0.1) is 0 Å². The fraction of sp³-hybridized carbons (Fsp3) is 0.0204. The van der Waals surface area contributed by atoms with Crippen molar-refractivity contribution in [2.24, 2.45) is 0 Å². The Morgan fingerprint density at radius 2 is 1.06 bits per heavy atom. The number of hydrogen-bond acceptors (Lipinski definition) is 2. The molecule has 0 bridgehead atoms. The van der Waals surface area contributed by atoms with E-state index in [0.717, 1.165) is 83.5 Å². The van der Waals surface area contributed by atoms with E-state index in [0.29, 0.717) is 0 Å². The van der Waals surface area contributed by atoms with Gasteiger partial charge in [-0.2, -0.15) is 0 Å². The first kappa shape index (κ1) is 30.1. The van der Waals surface area contributed by atoms with Gasteiger partial charge >= 0.3 is 0 Å². The Kier molecular flexibility index (Phi) is 7.10. The predicted molar refractivity (Wildman–Crippen MR) is 212 cm³/mol. The molecule has 0 saturated heterocycles. The smallest absolute Gasteiger partial charge is 0.143 e. The summed E-state index contributed by atoms with van der Waals surface area (Å²) in [5, 5.41) is 2.23. The lowest BCUT2D eigenvalue weighted by molar-refractivity contribution is 0.610. The molecule has 1 heterocycles. The second kappa shape index (κ2) is 12.3. The molecule has 0 amide bonds. The first-order valence-corrected chi connectivity index (χ1v) is 17.7. The molecule has 0 radical (unpaired) electrons. The summed E-state index contributed by atoms with van der Waals surface area (Å²) in [6.45, 7) is 0.